The summed E-state index contributed by atoms with van der Waals surface area (Å²) in [6.07, 6.45) is 0.331. The van der Waals surface area contributed by atoms with Gasteiger partial charge in [-0.05, 0) is 25.8 Å². The van der Waals surface area contributed by atoms with Gasteiger partial charge in [0, 0.05) is 18.2 Å². The molecule has 1 aromatic rings. The fourth-order valence-corrected chi connectivity index (χ4v) is 2.93. The maximum Gasteiger partial charge on any atom is 0.318 e. The Hall–Kier alpha value is -1.73. The zero-order valence-corrected chi connectivity index (χ0v) is 14.0. The summed E-state index contributed by atoms with van der Waals surface area (Å²) in [6, 6.07) is 2.24. The molecule has 1 fully saturated rings. The van der Waals surface area contributed by atoms with Gasteiger partial charge in [-0.15, -0.1) is 0 Å². The lowest BCUT2D eigenvalue weighted by atomic mass is 10.0. The zero-order chi connectivity index (χ0) is 17.7. The summed E-state index contributed by atoms with van der Waals surface area (Å²) in [5.74, 6) is -1.33. The Bertz CT molecular complexity index is 569. The smallest absolute Gasteiger partial charge is 0.318 e. The summed E-state index contributed by atoms with van der Waals surface area (Å²) >= 11 is 0. The first-order chi connectivity index (χ1) is 11.4. The van der Waals surface area contributed by atoms with E-state index in [0.717, 1.165) is 6.07 Å². The second-order valence-electron chi connectivity index (χ2n) is 6.08. The summed E-state index contributed by atoms with van der Waals surface area (Å²) in [5.41, 5.74) is 0.257. The van der Waals surface area contributed by atoms with Crippen LogP contribution in [0.1, 0.15) is 38.3 Å². The van der Waals surface area contributed by atoms with Crippen LogP contribution < -0.4 is 5.32 Å². The van der Waals surface area contributed by atoms with Crippen molar-refractivity contribution < 1.29 is 23.4 Å². The van der Waals surface area contributed by atoms with Crippen molar-refractivity contribution in [3.8, 4) is 0 Å². The third-order valence-electron chi connectivity index (χ3n) is 4.15. The SMILES string of the molecule is CCC(NC(=O)N1CCOCC1CC(C)O)c1ccc(F)cc1F. The van der Waals surface area contributed by atoms with Gasteiger partial charge in [0.25, 0.3) is 0 Å². The van der Waals surface area contributed by atoms with E-state index in [1.165, 1.54) is 12.1 Å². The van der Waals surface area contributed by atoms with Gasteiger partial charge < -0.3 is 20.1 Å². The van der Waals surface area contributed by atoms with E-state index in [0.29, 0.717) is 32.6 Å². The largest absolute Gasteiger partial charge is 0.393 e. The Balaban J connectivity index is 2.09. The molecular formula is C17H24F2N2O3. The Labute approximate surface area is 140 Å². The van der Waals surface area contributed by atoms with Gasteiger partial charge in [0.15, 0.2) is 0 Å². The molecule has 0 saturated carbocycles. The number of amides is 2. The number of benzene rings is 1. The van der Waals surface area contributed by atoms with Crippen LogP contribution in [-0.4, -0.2) is 47.9 Å². The van der Waals surface area contributed by atoms with Crippen molar-refractivity contribution in [3.63, 3.8) is 0 Å². The Kier molecular flexibility index (Phi) is 6.51. The lowest BCUT2D eigenvalue weighted by Crippen LogP contribution is -2.53. The summed E-state index contributed by atoms with van der Waals surface area (Å²) in [4.78, 5) is 14.2. The third kappa shape index (κ3) is 4.64. The quantitative estimate of drug-likeness (QED) is 0.865. The van der Waals surface area contributed by atoms with Crippen LogP contribution in [0.3, 0.4) is 0 Å². The number of morpholine rings is 1. The first-order valence-corrected chi connectivity index (χ1v) is 8.20. The second kappa shape index (κ2) is 8.39. The summed E-state index contributed by atoms with van der Waals surface area (Å²) < 4.78 is 32.4. The van der Waals surface area contributed by atoms with Crippen LogP contribution >= 0.6 is 0 Å². The molecule has 0 aromatic heterocycles. The number of urea groups is 1. The monoisotopic (exact) mass is 342 g/mol. The molecule has 1 saturated heterocycles. The van der Waals surface area contributed by atoms with E-state index in [4.69, 9.17) is 4.74 Å². The average molecular weight is 342 g/mol. The highest BCUT2D eigenvalue weighted by atomic mass is 19.1. The van der Waals surface area contributed by atoms with Gasteiger partial charge in [-0.2, -0.15) is 0 Å². The van der Waals surface area contributed by atoms with E-state index >= 15 is 0 Å². The minimum absolute atomic E-state index is 0.227. The van der Waals surface area contributed by atoms with E-state index in [-0.39, 0.29) is 17.6 Å². The number of hydrogen-bond acceptors (Lipinski definition) is 3. The summed E-state index contributed by atoms with van der Waals surface area (Å²) in [5, 5.41) is 12.4. The molecular weight excluding hydrogens is 318 g/mol. The molecule has 0 radical (unpaired) electrons. The van der Waals surface area contributed by atoms with Crippen LogP contribution in [0.15, 0.2) is 18.2 Å². The molecule has 2 N–H and O–H groups in total. The van der Waals surface area contributed by atoms with Crippen molar-refractivity contribution in [2.24, 2.45) is 0 Å². The van der Waals surface area contributed by atoms with Crippen molar-refractivity contribution in [1.82, 2.24) is 10.2 Å². The molecule has 24 heavy (non-hydrogen) atoms. The summed E-state index contributed by atoms with van der Waals surface area (Å²) in [6.45, 7) is 4.67. The van der Waals surface area contributed by atoms with Gasteiger partial charge in [-0.3, -0.25) is 0 Å². The van der Waals surface area contributed by atoms with Crippen molar-refractivity contribution in [2.45, 2.75) is 44.9 Å². The predicted octanol–water partition coefficient (Wildman–Crippen LogP) is 2.60. The molecule has 1 aliphatic rings. The van der Waals surface area contributed by atoms with E-state index in [2.05, 4.69) is 5.32 Å². The highest BCUT2D eigenvalue weighted by Crippen LogP contribution is 2.22. The molecule has 134 valence electrons. The minimum atomic E-state index is -0.676. The molecule has 7 heteroatoms. The van der Waals surface area contributed by atoms with E-state index in [9.17, 15) is 18.7 Å². The fourth-order valence-electron chi connectivity index (χ4n) is 2.93. The number of rotatable bonds is 5. The number of hydrogen-bond donors (Lipinski definition) is 2. The molecule has 1 aromatic carbocycles. The van der Waals surface area contributed by atoms with Crippen molar-refractivity contribution in [3.05, 3.63) is 35.4 Å². The van der Waals surface area contributed by atoms with Crippen molar-refractivity contribution >= 4 is 6.03 Å². The highest BCUT2D eigenvalue weighted by Gasteiger charge is 2.30. The number of aliphatic hydroxyl groups is 1. The number of nitrogens with one attached hydrogen (secondary N) is 1. The average Bonchev–Trinajstić information content (AvgIpc) is 2.53. The van der Waals surface area contributed by atoms with Crippen LogP contribution in [0, 0.1) is 11.6 Å². The maximum absolute atomic E-state index is 14.0. The molecule has 3 unspecified atom stereocenters. The Morgan fingerprint density at radius 2 is 2.25 bits per heavy atom. The third-order valence-corrected chi connectivity index (χ3v) is 4.15. The number of nitrogens with zero attached hydrogens (tertiary/aromatic N) is 1. The predicted molar refractivity (Wildman–Crippen MR) is 85.5 cm³/mol. The van der Waals surface area contributed by atoms with Gasteiger partial charge in [0.2, 0.25) is 0 Å². The van der Waals surface area contributed by atoms with Crippen LogP contribution in [-0.2, 0) is 4.74 Å². The number of halogens is 2. The minimum Gasteiger partial charge on any atom is -0.393 e. The molecule has 0 aliphatic carbocycles. The summed E-state index contributed by atoms with van der Waals surface area (Å²) in [7, 11) is 0. The van der Waals surface area contributed by atoms with Crippen molar-refractivity contribution in [2.75, 3.05) is 19.8 Å². The van der Waals surface area contributed by atoms with Gasteiger partial charge in [-0.1, -0.05) is 13.0 Å². The number of carbonyl (C=O) groups excluding carboxylic acids is 1. The number of ether oxygens (including phenoxy) is 1. The molecule has 3 atom stereocenters. The zero-order valence-electron chi connectivity index (χ0n) is 14.0. The standard InChI is InChI=1S/C17H24F2N2O3/c1-3-16(14-5-4-12(18)9-15(14)19)20-17(23)21-6-7-24-10-13(21)8-11(2)22/h4-5,9,11,13,16,22H,3,6-8,10H2,1-2H3,(H,20,23). The molecule has 1 aliphatic heterocycles. The number of carbonyl (C=O) groups is 1. The topological polar surface area (TPSA) is 61.8 Å². The lowest BCUT2D eigenvalue weighted by molar-refractivity contribution is -0.00487. The Morgan fingerprint density at radius 3 is 2.88 bits per heavy atom. The van der Waals surface area contributed by atoms with E-state index in [1.54, 1.807) is 11.8 Å². The second-order valence-corrected chi connectivity index (χ2v) is 6.08. The van der Waals surface area contributed by atoms with Crippen LogP contribution in [0.2, 0.25) is 0 Å². The molecule has 2 amide bonds. The van der Waals surface area contributed by atoms with Gasteiger partial charge >= 0.3 is 6.03 Å². The van der Waals surface area contributed by atoms with E-state index < -0.39 is 23.8 Å². The number of aliphatic hydroxyl groups excluding tert-OH is 1. The van der Waals surface area contributed by atoms with Crippen LogP contribution in [0.4, 0.5) is 13.6 Å². The van der Waals surface area contributed by atoms with Crippen LogP contribution in [0.25, 0.3) is 0 Å². The Morgan fingerprint density at radius 1 is 1.50 bits per heavy atom. The highest BCUT2D eigenvalue weighted by molar-refractivity contribution is 5.75. The first kappa shape index (κ1) is 18.6. The maximum atomic E-state index is 14.0. The molecule has 0 bridgehead atoms. The van der Waals surface area contributed by atoms with Crippen molar-refractivity contribution in [1.29, 1.82) is 0 Å². The molecule has 1 heterocycles. The normalized spacial score (nSPS) is 20.5. The van der Waals surface area contributed by atoms with Gasteiger partial charge in [-0.25, -0.2) is 13.6 Å². The van der Waals surface area contributed by atoms with Gasteiger partial charge in [0.1, 0.15) is 11.6 Å². The fraction of sp³-hybridized carbons (Fsp3) is 0.588. The molecule has 0 spiro atoms. The van der Waals surface area contributed by atoms with Crippen LogP contribution in [0.5, 0.6) is 0 Å². The molecule has 5 nitrogen and oxygen atoms in total. The first-order valence-electron chi connectivity index (χ1n) is 8.20. The lowest BCUT2D eigenvalue weighted by Gasteiger charge is -2.37. The molecule has 2 rings (SSSR count). The van der Waals surface area contributed by atoms with Gasteiger partial charge in [0.05, 0.1) is 31.4 Å². The van der Waals surface area contributed by atoms with E-state index in [1.807, 2.05) is 6.92 Å².